The Morgan fingerprint density at radius 3 is 2.41 bits per heavy atom. The zero-order valence-electron chi connectivity index (χ0n) is 15.6. The highest BCUT2D eigenvalue weighted by atomic mass is 16.2. The summed E-state index contributed by atoms with van der Waals surface area (Å²) in [5.41, 5.74) is 4.06. The summed E-state index contributed by atoms with van der Waals surface area (Å²) in [6.07, 6.45) is 0.569. The minimum absolute atomic E-state index is 0.118. The van der Waals surface area contributed by atoms with Crippen LogP contribution in [0.4, 0.5) is 5.82 Å². The van der Waals surface area contributed by atoms with Gasteiger partial charge < -0.3 is 5.73 Å². The predicted octanol–water partition coefficient (Wildman–Crippen LogP) is -0.533. The number of anilines is 1. The van der Waals surface area contributed by atoms with Crippen molar-refractivity contribution < 1.29 is 4.79 Å². The van der Waals surface area contributed by atoms with Gasteiger partial charge in [0.2, 0.25) is 0 Å². The Morgan fingerprint density at radius 1 is 1.22 bits per heavy atom. The number of aromatic nitrogens is 4. The van der Waals surface area contributed by atoms with Crippen molar-refractivity contribution in [1.29, 1.82) is 5.26 Å². The van der Waals surface area contributed by atoms with E-state index in [2.05, 4.69) is 5.10 Å². The number of hydrogen-bond acceptors (Lipinski definition) is 7. The molecular formula is C17H20N6O4. The van der Waals surface area contributed by atoms with Crippen molar-refractivity contribution in [2.24, 2.45) is 7.05 Å². The van der Waals surface area contributed by atoms with Gasteiger partial charge in [-0.2, -0.15) is 10.4 Å². The van der Waals surface area contributed by atoms with Crippen molar-refractivity contribution in [2.45, 2.75) is 40.3 Å². The number of rotatable bonds is 5. The molecular weight excluding hydrogens is 352 g/mol. The van der Waals surface area contributed by atoms with Crippen molar-refractivity contribution >= 4 is 11.6 Å². The topological polar surface area (TPSA) is 146 Å². The van der Waals surface area contributed by atoms with Crippen molar-refractivity contribution in [3.05, 3.63) is 53.6 Å². The van der Waals surface area contributed by atoms with Crippen LogP contribution in [-0.4, -0.2) is 24.7 Å². The number of aryl methyl sites for hydroxylation is 1. The van der Waals surface area contributed by atoms with Crippen molar-refractivity contribution in [3.8, 4) is 6.07 Å². The first-order chi connectivity index (χ1) is 12.6. The Hall–Kier alpha value is -3.48. The lowest BCUT2D eigenvalue weighted by Crippen LogP contribution is -2.43. The van der Waals surface area contributed by atoms with Crippen molar-refractivity contribution in [1.82, 2.24) is 18.9 Å². The van der Waals surface area contributed by atoms with E-state index in [-0.39, 0.29) is 23.5 Å². The van der Waals surface area contributed by atoms with Crippen molar-refractivity contribution in [2.75, 3.05) is 5.73 Å². The van der Waals surface area contributed by atoms with Crippen LogP contribution in [0, 0.1) is 25.2 Å². The maximum atomic E-state index is 12.7. The van der Waals surface area contributed by atoms with Gasteiger partial charge in [0, 0.05) is 13.6 Å². The van der Waals surface area contributed by atoms with Gasteiger partial charge in [-0.15, -0.1) is 0 Å². The number of carbonyl (C=O) groups is 1. The second kappa shape index (κ2) is 7.41. The lowest BCUT2D eigenvalue weighted by molar-refractivity contribution is 0.0963. The summed E-state index contributed by atoms with van der Waals surface area (Å²) in [5, 5.41) is 13.2. The van der Waals surface area contributed by atoms with E-state index >= 15 is 0 Å². The molecule has 2 N–H and O–H groups in total. The number of nitrogen functional groups attached to an aromatic ring is 1. The van der Waals surface area contributed by atoms with Gasteiger partial charge in [-0.1, -0.05) is 6.92 Å². The molecule has 2 aromatic rings. The minimum Gasteiger partial charge on any atom is -0.384 e. The summed E-state index contributed by atoms with van der Waals surface area (Å²) in [5.74, 6) is -1.01. The normalized spacial score (nSPS) is 10.6. The summed E-state index contributed by atoms with van der Waals surface area (Å²) in [4.78, 5) is 49.7. The first kappa shape index (κ1) is 19.8. The first-order valence-electron chi connectivity index (χ1n) is 8.26. The average Bonchev–Trinajstić information content (AvgIpc) is 2.62. The van der Waals surface area contributed by atoms with E-state index in [1.165, 1.54) is 7.05 Å². The van der Waals surface area contributed by atoms with Crippen LogP contribution >= 0.6 is 0 Å². The Bertz CT molecular complexity index is 1150. The molecule has 0 aliphatic carbocycles. The molecule has 27 heavy (non-hydrogen) atoms. The molecule has 0 saturated carbocycles. The molecule has 0 aromatic carbocycles. The molecule has 0 atom stereocenters. The van der Waals surface area contributed by atoms with E-state index in [1.807, 2.05) is 6.92 Å². The fourth-order valence-corrected chi connectivity index (χ4v) is 2.71. The monoisotopic (exact) mass is 372 g/mol. The highest BCUT2D eigenvalue weighted by Gasteiger charge is 2.23. The molecule has 0 aliphatic heterocycles. The Labute approximate surface area is 154 Å². The molecule has 0 radical (unpaired) electrons. The third kappa shape index (κ3) is 3.31. The van der Waals surface area contributed by atoms with Crippen LogP contribution in [0.5, 0.6) is 0 Å². The quantitative estimate of drug-likeness (QED) is 0.694. The van der Waals surface area contributed by atoms with E-state index in [0.717, 1.165) is 13.8 Å². The van der Waals surface area contributed by atoms with Crippen LogP contribution in [0.2, 0.25) is 0 Å². The molecule has 0 bridgehead atoms. The molecule has 0 unspecified atom stereocenters. The Morgan fingerprint density at radius 2 is 1.85 bits per heavy atom. The van der Waals surface area contributed by atoms with Crippen LogP contribution in [0.15, 0.2) is 14.4 Å². The molecule has 0 saturated heterocycles. The second-order valence-electron chi connectivity index (χ2n) is 6.14. The highest BCUT2D eigenvalue weighted by Crippen LogP contribution is 2.09. The summed E-state index contributed by atoms with van der Waals surface area (Å²) in [7, 11) is 1.25. The summed E-state index contributed by atoms with van der Waals surface area (Å²) < 4.78 is 2.78. The fraction of sp³-hybridized carbons (Fsp3) is 0.412. The average molecular weight is 372 g/mol. The van der Waals surface area contributed by atoms with Gasteiger partial charge in [0.25, 0.3) is 11.1 Å². The van der Waals surface area contributed by atoms with Crippen LogP contribution in [0.25, 0.3) is 0 Å². The molecule has 0 amide bonds. The number of carbonyl (C=O) groups excluding carboxylic acids is 1. The third-order valence-corrected chi connectivity index (χ3v) is 4.35. The number of ketones is 1. The van der Waals surface area contributed by atoms with Gasteiger partial charge in [-0.3, -0.25) is 23.5 Å². The first-order valence-corrected chi connectivity index (χ1v) is 8.26. The molecule has 142 valence electrons. The summed E-state index contributed by atoms with van der Waals surface area (Å²) in [6.45, 7) is 4.67. The molecule has 0 spiro atoms. The number of nitrogens with two attached hydrogens (primary N) is 1. The number of nitrogens with zero attached hydrogens (tertiary/aromatic N) is 5. The maximum absolute atomic E-state index is 12.7. The highest BCUT2D eigenvalue weighted by molar-refractivity contribution is 5.99. The van der Waals surface area contributed by atoms with E-state index in [1.54, 1.807) is 19.9 Å². The molecule has 10 heteroatoms. The van der Waals surface area contributed by atoms with Crippen LogP contribution in [-0.2, 0) is 20.1 Å². The van der Waals surface area contributed by atoms with E-state index in [4.69, 9.17) is 11.0 Å². The molecule has 2 rings (SSSR count). The lowest BCUT2D eigenvalue weighted by atomic mass is 10.1. The summed E-state index contributed by atoms with van der Waals surface area (Å²) in [6, 6.07) is 1.80. The molecule has 0 aliphatic rings. The van der Waals surface area contributed by atoms with Gasteiger partial charge in [0.15, 0.2) is 5.78 Å². The predicted molar refractivity (Wildman–Crippen MR) is 97.7 cm³/mol. The van der Waals surface area contributed by atoms with Crippen LogP contribution < -0.4 is 22.5 Å². The molecule has 2 aromatic heterocycles. The van der Waals surface area contributed by atoms with Crippen LogP contribution in [0.1, 0.15) is 40.5 Å². The SMILES string of the molecule is CCCn1c(N)c(C(=O)Cn2nc(C)c(C)c(C#N)c2=O)c(=O)n(C)c1=O. The van der Waals surface area contributed by atoms with Gasteiger partial charge in [0.05, 0.1) is 5.69 Å². The smallest absolute Gasteiger partial charge is 0.332 e. The van der Waals surface area contributed by atoms with Crippen LogP contribution in [0.3, 0.4) is 0 Å². The van der Waals surface area contributed by atoms with Gasteiger partial charge in [0.1, 0.15) is 29.6 Å². The number of Topliss-reactive ketones (excluding diaryl/α,β-unsaturated/α-hetero) is 1. The van der Waals surface area contributed by atoms with E-state index in [0.29, 0.717) is 17.7 Å². The van der Waals surface area contributed by atoms with Gasteiger partial charge >= 0.3 is 5.69 Å². The standard InChI is InChI=1S/C17H20N6O4/c1-5-6-22-14(19)13(16(26)21(4)17(22)27)12(24)8-23-15(25)11(7-18)9(2)10(3)20-23/h5-6,8,19H2,1-4H3. The molecule has 0 fully saturated rings. The maximum Gasteiger partial charge on any atom is 0.332 e. The van der Waals surface area contributed by atoms with E-state index in [9.17, 15) is 19.2 Å². The molecule has 2 heterocycles. The number of hydrogen-bond donors (Lipinski definition) is 1. The fourth-order valence-electron chi connectivity index (χ4n) is 2.71. The second-order valence-corrected chi connectivity index (χ2v) is 6.14. The Kier molecular flexibility index (Phi) is 5.44. The zero-order chi connectivity index (χ0) is 20.5. The summed E-state index contributed by atoms with van der Waals surface area (Å²) >= 11 is 0. The number of nitriles is 1. The van der Waals surface area contributed by atoms with Crippen molar-refractivity contribution in [3.63, 3.8) is 0 Å². The third-order valence-electron chi connectivity index (χ3n) is 4.35. The Balaban J connectivity index is 2.64. The largest absolute Gasteiger partial charge is 0.384 e. The minimum atomic E-state index is -0.841. The lowest BCUT2D eigenvalue weighted by Gasteiger charge is -2.14. The zero-order valence-corrected chi connectivity index (χ0v) is 15.6. The van der Waals surface area contributed by atoms with E-state index < -0.39 is 29.1 Å². The van der Waals surface area contributed by atoms with Gasteiger partial charge in [-0.25, -0.2) is 9.48 Å². The molecule has 10 nitrogen and oxygen atoms in total. The van der Waals surface area contributed by atoms with Gasteiger partial charge in [-0.05, 0) is 25.8 Å².